The molecule has 104 valence electrons. The number of hydrogen-bond donors (Lipinski definition) is 0. The first-order valence-corrected chi connectivity index (χ1v) is 8.31. The van der Waals surface area contributed by atoms with E-state index >= 15 is 0 Å². The van der Waals surface area contributed by atoms with Crippen LogP contribution in [0.3, 0.4) is 0 Å². The minimum atomic E-state index is 0.173. The molecule has 19 heavy (non-hydrogen) atoms. The number of alkyl halides is 1. The van der Waals surface area contributed by atoms with Gasteiger partial charge in [-0.2, -0.15) is 0 Å². The molecule has 4 atom stereocenters. The molecule has 0 aromatic heterocycles. The van der Waals surface area contributed by atoms with E-state index in [0.29, 0.717) is 10.9 Å². The fraction of sp³-hybridized carbons (Fsp3) is 0.600. The van der Waals surface area contributed by atoms with Crippen molar-refractivity contribution in [3.63, 3.8) is 0 Å². The summed E-state index contributed by atoms with van der Waals surface area (Å²) in [7, 11) is 0. The molecule has 2 nitrogen and oxygen atoms in total. The Kier molecular flexibility index (Phi) is 5.56. The van der Waals surface area contributed by atoms with Crippen LogP contribution in [-0.4, -0.2) is 23.1 Å². The van der Waals surface area contributed by atoms with Crippen LogP contribution in [0.15, 0.2) is 22.4 Å². The average molecular weight is 390 g/mol. The maximum absolute atomic E-state index is 6.10. The largest absolute Gasteiger partial charge is 0.491 e. The zero-order valence-electron chi connectivity index (χ0n) is 10.9. The van der Waals surface area contributed by atoms with Gasteiger partial charge >= 0.3 is 0 Å². The Morgan fingerprint density at radius 3 is 3.00 bits per heavy atom. The third-order valence-corrected chi connectivity index (χ3v) is 5.25. The summed E-state index contributed by atoms with van der Waals surface area (Å²) in [4.78, 5) is 0.387. The minimum Gasteiger partial charge on any atom is -0.491 e. The number of ether oxygens (including phenoxy) is 2. The van der Waals surface area contributed by atoms with Crippen LogP contribution in [0.5, 0.6) is 0 Å². The zero-order chi connectivity index (χ0) is 13.8. The number of fused-ring (bicyclic) bond motifs is 1. The lowest BCUT2D eigenvalue weighted by molar-refractivity contribution is -0.0853. The SMILES string of the molecule is C#C/C=C/C/C(Br)=C1\C[C@@H]2O[C@H](CC)[C@@H](Br)C[C@@H]2O1. The summed E-state index contributed by atoms with van der Waals surface area (Å²) >= 11 is 7.28. The molecule has 2 aliphatic rings. The predicted molar refractivity (Wildman–Crippen MR) is 84.3 cm³/mol. The Labute approximate surface area is 131 Å². The molecule has 0 unspecified atom stereocenters. The van der Waals surface area contributed by atoms with Gasteiger partial charge in [0, 0.05) is 28.6 Å². The van der Waals surface area contributed by atoms with Gasteiger partial charge in [0.15, 0.2) is 0 Å². The van der Waals surface area contributed by atoms with Crippen molar-refractivity contribution in [1.82, 2.24) is 0 Å². The minimum absolute atomic E-state index is 0.173. The highest BCUT2D eigenvalue weighted by atomic mass is 79.9. The lowest BCUT2D eigenvalue weighted by Gasteiger charge is -2.34. The fourth-order valence-corrected chi connectivity index (χ4v) is 3.82. The highest BCUT2D eigenvalue weighted by Gasteiger charge is 2.42. The lowest BCUT2D eigenvalue weighted by Crippen LogP contribution is -2.42. The molecule has 0 radical (unpaired) electrons. The quantitative estimate of drug-likeness (QED) is 0.529. The molecule has 0 spiro atoms. The third kappa shape index (κ3) is 3.65. The van der Waals surface area contributed by atoms with Crippen LogP contribution in [0.4, 0.5) is 0 Å². The highest BCUT2D eigenvalue weighted by Crippen LogP contribution is 2.40. The summed E-state index contributed by atoms with van der Waals surface area (Å²) in [5.74, 6) is 3.49. The second-order valence-corrected chi connectivity index (χ2v) is 6.97. The molecule has 0 saturated carbocycles. The van der Waals surface area contributed by atoms with Crippen LogP contribution in [0.25, 0.3) is 0 Å². The van der Waals surface area contributed by atoms with E-state index in [0.717, 1.165) is 35.9 Å². The normalized spacial score (nSPS) is 36.7. The fourth-order valence-electron chi connectivity index (χ4n) is 2.51. The van der Waals surface area contributed by atoms with Crippen molar-refractivity contribution in [2.75, 3.05) is 0 Å². The van der Waals surface area contributed by atoms with Crippen molar-refractivity contribution in [3.8, 4) is 12.3 Å². The zero-order valence-corrected chi connectivity index (χ0v) is 14.1. The molecular formula is C15H18Br2O2. The Hall–Kier alpha value is -0.240. The van der Waals surface area contributed by atoms with Crippen LogP contribution in [-0.2, 0) is 9.47 Å². The molecule has 0 amide bonds. The Balaban J connectivity index is 2.01. The number of allylic oxidation sites excluding steroid dienone is 3. The summed E-state index contributed by atoms with van der Waals surface area (Å²) in [6.45, 7) is 2.16. The highest BCUT2D eigenvalue weighted by molar-refractivity contribution is 9.11. The van der Waals surface area contributed by atoms with Crippen molar-refractivity contribution in [3.05, 3.63) is 22.4 Å². The number of halogens is 2. The smallest absolute Gasteiger partial charge is 0.126 e. The van der Waals surface area contributed by atoms with Crippen LogP contribution in [0.2, 0.25) is 0 Å². The predicted octanol–water partition coefficient (Wildman–Crippen LogP) is 4.29. The van der Waals surface area contributed by atoms with Gasteiger partial charge < -0.3 is 9.47 Å². The van der Waals surface area contributed by atoms with Gasteiger partial charge in [-0.1, -0.05) is 50.8 Å². The summed E-state index contributed by atoms with van der Waals surface area (Å²) in [5, 5.41) is 0. The van der Waals surface area contributed by atoms with Gasteiger partial charge in [-0.25, -0.2) is 0 Å². The van der Waals surface area contributed by atoms with E-state index in [2.05, 4.69) is 44.7 Å². The standard InChI is InChI=1S/C15H18Br2O2/c1-3-5-6-7-10(16)13-9-15-14(19-13)8-11(17)12(4-2)18-15/h1,5-6,11-12,14-15H,4,7-9H2,2H3/b6-5+,13-10-/t11-,12+,14-,15-/m0/s1. The summed E-state index contributed by atoms with van der Waals surface area (Å²) < 4.78 is 13.2. The van der Waals surface area contributed by atoms with Gasteiger partial charge in [-0.15, -0.1) is 6.42 Å². The second kappa shape index (κ2) is 6.97. The lowest BCUT2D eigenvalue weighted by atomic mass is 9.99. The molecule has 2 fully saturated rings. The molecule has 0 N–H and O–H groups in total. The van der Waals surface area contributed by atoms with E-state index in [1.807, 2.05) is 6.08 Å². The Morgan fingerprint density at radius 1 is 1.53 bits per heavy atom. The van der Waals surface area contributed by atoms with E-state index in [4.69, 9.17) is 15.9 Å². The van der Waals surface area contributed by atoms with Crippen LogP contribution >= 0.6 is 31.9 Å². The van der Waals surface area contributed by atoms with Crippen LogP contribution in [0.1, 0.15) is 32.6 Å². The third-order valence-electron chi connectivity index (χ3n) is 3.52. The van der Waals surface area contributed by atoms with Gasteiger partial charge in [0.25, 0.3) is 0 Å². The number of hydrogen-bond acceptors (Lipinski definition) is 2. The summed E-state index contributed by atoms with van der Waals surface area (Å²) in [6.07, 6.45) is 13.2. The van der Waals surface area contributed by atoms with Crippen molar-refractivity contribution in [2.45, 2.75) is 55.7 Å². The molecule has 2 rings (SSSR count). The van der Waals surface area contributed by atoms with E-state index < -0.39 is 0 Å². The Bertz CT molecular complexity index is 422. The molecule has 2 heterocycles. The first kappa shape index (κ1) is 15.2. The molecule has 2 saturated heterocycles. The summed E-state index contributed by atoms with van der Waals surface area (Å²) in [5.41, 5.74) is 0. The van der Waals surface area contributed by atoms with E-state index in [1.165, 1.54) is 0 Å². The molecule has 4 heteroatoms. The monoisotopic (exact) mass is 388 g/mol. The molecule has 0 aromatic carbocycles. The molecule has 2 aliphatic heterocycles. The maximum atomic E-state index is 6.10. The average Bonchev–Trinajstić information content (AvgIpc) is 2.80. The molecule has 0 aromatic rings. The molecule has 0 aliphatic carbocycles. The van der Waals surface area contributed by atoms with Crippen molar-refractivity contribution < 1.29 is 9.47 Å². The van der Waals surface area contributed by atoms with Crippen molar-refractivity contribution in [1.29, 1.82) is 0 Å². The van der Waals surface area contributed by atoms with Gasteiger partial charge in [-0.3, -0.25) is 0 Å². The second-order valence-electron chi connectivity index (χ2n) is 4.83. The van der Waals surface area contributed by atoms with Gasteiger partial charge in [-0.05, 0) is 12.5 Å². The van der Waals surface area contributed by atoms with Crippen molar-refractivity contribution in [2.24, 2.45) is 0 Å². The van der Waals surface area contributed by atoms with Crippen molar-refractivity contribution >= 4 is 31.9 Å². The van der Waals surface area contributed by atoms with Gasteiger partial charge in [0.05, 0.1) is 6.10 Å². The first-order chi connectivity index (χ1) is 9.15. The maximum Gasteiger partial charge on any atom is 0.126 e. The van der Waals surface area contributed by atoms with E-state index in [-0.39, 0.29) is 12.2 Å². The van der Waals surface area contributed by atoms with E-state index in [9.17, 15) is 0 Å². The Morgan fingerprint density at radius 2 is 2.32 bits per heavy atom. The summed E-state index contributed by atoms with van der Waals surface area (Å²) in [6, 6.07) is 0. The van der Waals surface area contributed by atoms with Crippen LogP contribution in [0, 0.1) is 12.3 Å². The topological polar surface area (TPSA) is 18.5 Å². The molecular weight excluding hydrogens is 372 g/mol. The first-order valence-electron chi connectivity index (χ1n) is 6.60. The van der Waals surface area contributed by atoms with Gasteiger partial charge in [0.2, 0.25) is 0 Å². The molecule has 0 bridgehead atoms. The van der Waals surface area contributed by atoms with E-state index in [1.54, 1.807) is 6.08 Å². The number of terminal acetylenes is 1. The van der Waals surface area contributed by atoms with Crippen LogP contribution < -0.4 is 0 Å². The van der Waals surface area contributed by atoms with Gasteiger partial charge in [0.1, 0.15) is 18.0 Å². The number of rotatable bonds is 3.